The van der Waals surface area contributed by atoms with Gasteiger partial charge in [-0.05, 0) is 27.7 Å². The van der Waals surface area contributed by atoms with Gasteiger partial charge in [0.05, 0.1) is 0 Å². The van der Waals surface area contributed by atoms with Crippen LogP contribution in [0.25, 0.3) is 0 Å². The third-order valence-electron chi connectivity index (χ3n) is 1.59. The lowest BCUT2D eigenvalue weighted by Gasteiger charge is -2.23. The van der Waals surface area contributed by atoms with Crippen molar-refractivity contribution in [2.45, 2.75) is 52.6 Å². The number of carbonyl (C=O) groups is 2. The van der Waals surface area contributed by atoms with E-state index >= 15 is 0 Å². The van der Waals surface area contributed by atoms with Gasteiger partial charge in [-0.15, -0.1) is 0 Å². The van der Waals surface area contributed by atoms with E-state index in [1.165, 1.54) is 0 Å². The molecule has 0 saturated heterocycles. The molecule has 0 bridgehead atoms. The van der Waals surface area contributed by atoms with E-state index in [9.17, 15) is 9.59 Å². The van der Waals surface area contributed by atoms with E-state index in [0.717, 1.165) is 0 Å². The monoisotopic (exact) mass is 200 g/mol. The summed E-state index contributed by atoms with van der Waals surface area (Å²) in [5.41, 5.74) is -0.262. The Balaban J connectivity index is 4.07. The number of carbonyl (C=O) groups excluding carboxylic acids is 2. The van der Waals surface area contributed by atoms with Crippen molar-refractivity contribution in [1.29, 1.82) is 0 Å². The Morgan fingerprint density at radius 1 is 1.29 bits per heavy atom. The van der Waals surface area contributed by atoms with Crippen molar-refractivity contribution in [3.63, 3.8) is 0 Å². The van der Waals surface area contributed by atoms with E-state index in [2.05, 4.69) is 10.6 Å². The third-order valence-corrected chi connectivity index (χ3v) is 1.59. The molecule has 0 aliphatic heterocycles. The van der Waals surface area contributed by atoms with Crippen LogP contribution in [0.4, 0.5) is 0 Å². The standard InChI is InChI=1S/C10H20N2O2/c1-6-8(13)11-7(2)9(14)12-10(3,4)5/h7H,6H2,1-5H3,(H,11,13)(H,12,14). The molecule has 0 saturated carbocycles. The predicted octanol–water partition coefficient (Wildman–Crippen LogP) is 0.816. The highest BCUT2D eigenvalue weighted by molar-refractivity contribution is 5.87. The number of hydrogen-bond acceptors (Lipinski definition) is 2. The second-order valence-electron chi connectivity index (χ2n) is 4.38. The topological polar surface area (TPSA) is 58.2 Å². The van der Waals surface area contributed by atoms with Gasteiger partial charge in [-0.2, -0.15) is 0 Å². The predicted molar refractivity (Wildman–Crippen MR) is 55.8 cm³/mol. The summed E-state index contributed by atoms with van der Waals surface area (Å²) in [6.45, 7) is 9.14. The Morgan fingerprint density at radius 2 is 1.79 bits per heavy atom. The second kappa shape index (κ2) is 4.98. The molecule has 0 aliphatic rings. The van der Waals surface area contributed by atoms with E-state index < -0.39 is 6.04 Å². The van der Waals surface area contributed by atoms with Gasteiger partial charge in [0.2, 0.25) is 11.8 Å². The first-order valence-corrected chi connectivity index (χ1v) is 4.87. The summed E-state index contributed by atoms with van der Waals surface area (Å²) in [5.74, 6) is -0.263. The van der Waals surface area contributed by atoms with Crippen LogP contribution >= 0.6 is 0 Å². The average molecular weight is 200 g/mol. The van der Waals surface area contributed by atoms with Crippen LogP contribution in [-0.2, 0) is 9.59 Å². The first-order valence-electron chi connectivity index (χ1n) is 4.87. The molecule has 0 aliphatic carbocycles. The van der Waals surface area contributed by atoms with Crippen LogP contribution in [0.5, 0.6) is 0 Å². The van der Waals surface area contributed by atoms with Gasteiger partial charge in [0, 0.05) is 12.0 Å². The van der Waals surface area contributed by atoms with Crippen LogP contribution in [0, 0.1) is 0 Å². The van der Waals surface area contributed by atoms with Crippen molar-refractivity contribution in [2.75, 3.05) is 0 Å². The molecule has 0 rings (SSSR count). The molecule has 82 valence electrons. The summed E-state index contributed by atoms with van der Waals surface area (Å²) in [6.07, 6.45) is 0.396. The highest BCUT2D eigenvalue weighted by Gasteiger charge is 2.19. The number of nitrogens with one attached hydrogen (secondary N) is 2. The number of hydrogen-bond donors (Lipinski definition) is 2. The van der Waals surface area contributed by atoms with Gasteiger partial charge in [-0.3, -0.25) is 9.59 Å². The highest BCUT2D eigenvalue weighted by atomic mass is 16.2. The summed E-state index contributed by atoms with van der Waals surface area (Å²) < 4.78 is 0. The molecular formula is C10H20N2O2. The molecule has 1 unspecified atom stereocenters. The Morgan fingerprint density at radius 3 is 2.14 bits per heavy atom. The highest BCUT2D eigenvalue weighted by Crippen LogP contribution is 1.99. The van der Waals surface area contributed by atoms with E-state index in [1.54, 1.807) is 13.8 Å². The van der Waals surface area contributed by atoms with Crippen LogP contribution in [0.3, 0.4) is 0 Å². The Kier molecular flexibility index (Phi) is 4.60. The Bertz CT molecular complexity index is 219. The quantitative estimate of drug-likeness (QED) is 0.708. The minimum Gasteiger partial charge on any atom is -0.350 e. The zero-order valence-corrected chi connectivity index (χ0v) is 9.60. The minimum absolute atomic E-state index is 0.110. The molecule has 0 radical (unpaired) electrons. The molecule has 0 spiro atoms. The third kappa shape index (κ3) is 5.56. The average Bonchev–Trinajstić information content (AvgIpc) is 2.00. The molecule has 0 heterocycles. The van der Waals surface area contributed by atoms with Crippen molar-refractivity contribution in [1.82, 2.24) is 10.6 Å². The summed E-state index contributed by atoms with van der Waals surface area (Å²) in [5, 5.41) is 5.40. The molecule has 0 aromatic rings. The number of amides is 2. The van der Waals surface area contributed by atoms with Crippen LogP contribution in [-0.4, -0.2) is 23.4 Å². The van der Waals surface area contributed by atoms with E-state index in [4.69, 9.17) is 0 Å². The molecule has 2 N–H and O–H groups in total. The van der Waals surface area contributed by atoms with Crippen molar-refractivity contribution in [3.05, 3.63) is 0 Å². The molecule has 1 atom stereocenters. The smallest absolute Gasteiger partial charge is 0.242 e. The molecule has 0 aromatic heterocycles. The largest absolute Gasteiger partial charge is 0.350 e. The SMILES string of the molecule is CCC(=O)NC(C)C(=O)NC(C)(C)C. The fourth-order valence-corrected chi connectivity index (χ4v) is 0.887. The van der Waals surface area contributed by atoms with Gasteiger partial charge in [0.15, 0.2) is 0 Å². The second-order valence-corrected chi connectivity index (χ2v) is 4.38. The lowest BCUT2D eigenvalue weighted by atomic mass is 10.1. The molecule has 4 heteroatoms. The molecule has 0 fully saturated rings. The van der Waals surface area contributed by atoms with E-state index in [0.29, 0.717) is 6.42 Å². The van der Waals surface area contributed by atoms with Crippen LogP contribution < -0.4 is 10.6 Å². The maximum Gasteiger partial charge on any atom is 0.242 e. The maximum absolute atomic E-state index is 11.5. The van der Waals surface area contributed by atoms with Gasteiger partial charge in [-0.25, -0.2) is 0 Å². The van der Waals surface area contributed by atoms with Crippen molar-refractivity contribution in [2.24, 2.45) is 0 Å². The van der Waals surface area contributed by atoms with Gasteiger partial charge in [-0.1, -0.05) is 6.92 Å². The van der Waals surface area contributed by atoms with Crippen LogP contribution in [0.2, 0.25) is 0 Å². The fraction of sp³-hybridized carbons (Fsp3) is 0.800. The summed E-state index contributed by atoms with van der Waals surface area (Å²) in [6, 6.07) is -0.471. The lowest BCUT2D eigenvalue weighted by molar-refractivity contribution is -0.129. The van der Waals surface area contributed by atoms with Gasteiger partial charge >= 0.3 is 0 Å². The lowest BCUT2D eigenvalue weighted by Crippen LogP contribution is -2.50. The molecular weight excluding hydrogens is 180 g/mol. The molecule has 4 nitrogen and oxygen atoms in total. The van der Waals surface area contributed by atoms with Crippen LogP contribution in [0.15, 0.2) is 0 Å². The minimum atomic E-state index is -0.471. The molecule has 2 amide bonds. The Labute approximate surface area is 85.4 Å². The van der Waals surface area contributed by atoms with E-state index in [1.807, 2.05) is 20.8 Å². The number of rotatable bonds is 3. The zero-order chi connectivity index (χ0) is 11.4. The fourth-order valence-electron chi connectivity index (χ4n) is 0.887. The summed E-state index contributed by atoms with van der Waals surface area (Å²) >= 11 is 0. The normalized spacial score (nSPS) is 13.2. The van der Waals surface area contributed by atoms with Crippen molar-refractivity contribution >= 4 is 11.8 Å². The van der Waals surface area contributed by atoms with Crippen molar-refractivity contribution in [3.8, 4) is 0 Å². The molecule has 0 aromatic carbocycles. The van der Waals surface area contributed by atoms with Gasteiger partial charge < -0.3 is 10.6 Å². The summed E-state index contributed by atoms with van der Waals surface area (Å²) in [7, 11) is 0. The first kappa shape index (κ1) is 12.9. The van der Waals surface area contributed by atoms with Gasteiger partial charge in [0.1, 0.15) is 6.04 Å². The molecule has 14 heavy (non-hydrogen) atoms. The summed E-state index contributed by atoms with van der Waals surface area (Å²) in [4.78, 5) is 22.5. The Hall–Kier alpha value is -1.06. The van der Waals surface area contributed by atoms with Gasteiger partial charge in [0.25, 0.3) is 0 Å². The van der Waals surface area contributed by atoms with Crippen LogP contribution in [0.1, 0.15) is 41.0 Å². The van der Waals surface area contributed by atoms with Crippen molar-refractivity contribution < 1.29 is 9.59 Å². The van der Waals surface area contributed by atoms with E-state index in [-0.39, 0.29) is 17.4 Å². The maximum atomic E-state index is 11.5. The zero-order valence-electron chi connectivity index (χ0n) is 9.60. The first-order chi connectivity index (χ1) is 6.26.